The number of nitrogens with two attached hydrogens (primary N) is 1. The second kappa shape index (κ2) is 4.51. The van der Waals surface area contributed by atoms with Crippen molar-refractivity contribution in [2.75, 3.05) is 0 Å². The van der Waals surface area contributed by atoms with Gasteiger partial charge < -0.3 is 5.73 Å². The van der Waals surface area contributed by atoms with Gasteiger partial charge in [-0.15, -0.1) is 0 Å². The predicted molar refractivity (Wildman–Crippen MR) is 53.0 cm³/mol. The van der Waals surface area contributed by atoms with Crippen molar-refractivity contribution >= 4 is 0 Å². The van der Waals surface area contributed by atoms with Gasteiger partial charge >= 0.3 is 0 Å². The zero-order chi connectivity index (χ0) is 10.7. The van der Waals surface area contributed by atoms with E-state index in [0.29, 0.717) is 17.5 Å². The van der Waals surface area contributed by atoms with Gasteiger partial charge in [-0.3, -0.25) is 0 Å². The predicted octanol–water partition coefficient (Wildman–Crippen LogP) is 2.94. The summed E-state index contributed by atoms with van der Waals surface area (Å²) in [5, 5.41) is 0. The van der Waals surface area contributed by atoms with E-state index in [-0.39, 0.29) is 6.04 Å². The van der Waals surface area contributed by atoms with Crippen LogP contribution in [0.1, 0.15) is 37.4 Å². The van der Waals surface area contributed by atoms with Gasteiger partial charge in [-0.1, -0.05) is 19.9 Å². The Bertz CT molecular complexity index is 323. The summed E-state index contributed by atoms with van der Waals surface area (Å²) in [6, 6.07) is 2.50. The molecule has 78 valence electrons. The molecule has 0 saturated heterocycles. The fourth-order valence-electron chi connectivity index (χ4n) is 1.53. The molecule has 0 fully saturated rings. The van der Waals surface area contributed by atoms with Gasteiger partial charge in [0.25, 0.3) is 0 Å². The highest BCUT2D eigenvalue weighted by Gasteiger charge is 2.15. The topological polar surface area (TPSA) is 26.0 Å². The molecule has 0 saturated carbocycles. The Balaban J connectivity index is 3.23. The average molecular weight is 199 g/mol. The minimum absolute atomic E-state index is 0.208. The third-order valence-corrected chi connectivity index (χ3v) is 2.43. The molecule has 0 radical (unpaired) electrons. The second-order valence-electron chi connectivity index (χ2n) is 3.30. The molecular formula is C11H15F2N. The van der Waals surface area contributed by atoms with Gasteiger partial charge in [-0.05, 0) is 30.0 Å². The molecule has 1 nitrogen and oxygen atoms in total. The van der Waals surface area contributed by atoms with E-state index in [4.69, 9.17) is 5.73 Å². The van der Waals surface area contributed by atoms with Gasteiger partial charge in [-0.2, -0.15) is 0 Å². The highest BCUT2D eigenvalue weighted by molar-refractivity contribution is 5.32. The molecule has 0 spiro atoms. The molecule has 2 N–H and O–H groups in total. The van der Waals surface area contributed by atoms with Gasteiger partial charge in [0, 0.05) is 6.04 Å². The zero-order valence-electron chi connectivity index (χ0n) is 8.48. The van der Waals surface area contributed by atoms with Gasteiger partial charge in [0.15, 0.2) is 11.6 Å². The second-order valence-corrected chi connectivity index (χ2v) is 3.30. The highest BCUT2D eigenvalue weighted by atomic mass is 19.2. The average Bonchev–Trinajstić information content (AvgIpc) is 2.20. The molecule has 0 amide bonds. The first-order valence-electron chi connectivity index (χ1n) is 4.84. The largest absolute Gasteiger partial charge is 0.324 e. The van der Waals surface area contributed by atoms with E-state index in [1.807, 2.05) is 6.92 Å². The molecule has 1 atom stereocenters. The Kier molecular flexibility index (Phi) is 3.58. The normalized spacial score (nSPS) is 12.9. The van der Waals surface area contributed by atoms with Crippen molar-refractivity contribution < 1.29 is 8.78 Å². The van der Waals surface area contributed by atoms with Crippen LogP contribution in [0, 0.1) is 11.6 Å². The van der Waals surface area contributed by atoms with Crippen LogP contribution in [0.4, 0.5) is 8.78 Å². The van der Waals surface area contributed by atoms with Crippen LogP contribution in [0.5, 0.6) is 0 Å². The molecular weight excluding hydrogens is 184 g/mol. The molecule has 1 aromatic rings. The van der Waals surface area contributed by atoms with Crippen LogP contribution in [-0.4, -0.2) is 0 Å². The van der Waals surface area contributed by atoms with Crippen LogP contribution in [0.15, 0.2) is 12.1 Å². The van der Waals surface area contributed by atoms with Crippen molar-refractivity contribution in [3.8, 4) is 0 Å². The van der Waals surface area contributed by atoms with Crippen molar-refractivity contribution in [3.05, 3.63) is 34.9 Å². The lowest BCUT2D eigenvalue weighted by molar-refractivity contribution is 0.494. The molecule has 0 bridgehead atoms. The monoisotopic (exact) mass is 199 g/mol. The zero-order valence-corrected chi connectivity index (χ0v) is 8.48. The summed E-state index contributed by atoms with van der Waals surface area (Å²) < 4.78 is 26.2. The van der Waals surface area contributed by atoms with Crippen molar-refractivity contribution in [2.45, 2.75) is 32.7 Å². The third kappa shape index (κ3) is 1.93. The summed E-state index contributed by atoms with van der Waals surface area (Å²) in [7, 11) is 0. The first-order chi connectivity index (χ1) is 6.61. The Labute approximate surface area is 82.9 Å². The fraction of sp³-hybridized carbons (Fsp3) is 0.455. The summed E-state index contributed by atoms with van der Waals surface area (Å²) in [6.07, 6.45) is 1.19. The molecule has 3 heteroatoms. The maximum atomic E-state index is 13.3. The molecule has 1 rings (SSSR count). The molecule has 0 aliphatic heterocycles. The van der Waals surface area contributed by atoms with E-state index < -0.39 is 11.6 Å². The van der Waals surface area contributed by atoms with E-state index in [1.54, 1.807) is 13.0 Å². The number of rotatable bonds is 3. The first-order valence-corrected chi connectivity index (χ1v) is 4.84. The summed E-state index contributed by atoms with van der Waals surface area (Å²) in [5.74, 6) is -1.55. The van der Waals surface area contributed by atoms with Gasteiger partial charge in [-0.25, -0.2) is 8.78 Å². The van der Waals surface area contributed by atoms with Gasteiger partial charge in [0.2, 0.25) is 0 Å². The standard InChI is InChI=1S/C11H15F2N/c1-3-7-8(10(14)4-2)5-6-9(12)11(7)13/h5-6,10H,3-4,14H2,1-2H3. The van der Waals surface area contributed by atoms with Crippen molar-refractivity contribution in [3.63, 3.8) is 0 Å². The minimum Gasteiger partial charge on any atom is -0.324 e. The fourth-order valence-corrected chi connectivity index (χ4v) is 1.53. The quantitative estimate of drug-likeness (QED) is 0.795. The Morgan fingerprint density at radius 1 is 1.29 bits per heavy atom. The lowest BCUT2D eigenvalue weighted by Crippen LogP contribution is -2.13. The lowest BCUT2D eigenvalue weighted by Gasteiger charge is -2.14. The highest BCUT2D eigenvalue weighted by Crippen LogP contribution is 2.23. The van der Waals surface area contributed by atoms with Crippen LogP contribution in [-0.2, 0) is 6.42 Å². The van der Waals surface area contributed by atoms with Crippen LogP contribution in [0.3, 0.4) is 0 Å². The number of benzene rings is 1. The van der Waals surface area contributed by atoms with E-state index in [9.17, 15) is 8.78 Å². The Morgan fingerprint density at radius 3 is 2.43 bits per heavy atom. The first kappa shape index (κ1) is 11.1. The number of halogens is 2. The Hall–Kier alpha value is -0.960. The molecule has 1 aromatic carbocycles. The van der Waals surface area contributed by atoms with Crippen molar-refractivity contribution in [1.29, 1.82) is 0 Å². The summed E-state index contributed by atoms with van der Waals surface area (Å²) in [6.45, 7) is 3.72. The summed E-state index contributed by atoms with van der Waals surface area (Å²) >= 11 is 0. The van der Waals surface area contributed by atoms with Gasteiger partial charge in [0.05, 0.1) is 0 Å². The summed E-state index contributed by atoms with van der Waals surface area (Å²) in [4.78, 5) is 0. The molecule has 14 heavy (non-hydrogen) atoms. The molecule has 0 aliphatic rings. The van der Waals surface area contributed by atoms with Crippen LogP contribution < -0.4 is 5.73 Å². The number of hydrogen-bond acceptors (Lipinski definition) is 1. The van der Waals surface area contributed by atoms with E-state index in [0.717, 1.165) is 12.5 Å². The maximum absolute atomic E-state index is 13.3. The molecule has 0 aromatic heterocycles. The van der Waals surface area contributed by atoms with E-state index in [2.05, 4.69) is 0 Å². The SMILES string of the molecule is CCc1c(C(N)CC)ccc(F)c1F. The maximum Gasteiger partial charge on any atom is 0.162 e. The van der Waals surface area contributed by atoms with E-state index in [1.165, 1.54) is 0 Å². The smallest absolute Gasteiger partial charge is 0.162 e. The molecule has 0 aliphatic carbocycles. The minimum atomic E-state index is -0.797. The van der Waals surface area contributed by atoms with Crippen LogP contribution in [0.25, 0.3) is 0 Å². The van der Waals surface area contributed by atoms with Crippen molar-refractivity contribution in [1.82, 2.24) is 0 Å². The molecule has 1 unspecified atom stereocenters. The third-order valence-electron chi connectivity index (χ3n) is 2.43. The summed E-state index contributed by atoms with van der Waals surface area (Å²) in [5.41, 5.74) is 6.92. The van der Waals surface area contributed by atoms with Crippen molar-refractivity contribution in [2.24, 2.45) is 5.73 Å². The number of hydrogen-bond donors (Lipinski definition) is 1. The molecule has 0 heterocycles. The lowest BCUT2D eigenvalue weighted by atomic mass is 9.97. The van der Waals surface area contributed by atoms with Crippen LogP contribution in [0.2, 0.25) is 0 Å². The van der Waals surface area contributed by atoms with Gasteiger partial charge in [0.1, 0.15) is 0 Å². The Morgan fingerprint density at radius 2 is 1.93 bits per heavy atom. The van der Waals surface area contributed by atoms with E-state index >= 15 is 0 Å². The van der Waals surface area contributed by atoms with Crippen LogP contribution >= 0.6 is 0 Å².